The number of aromatic amines is 1. The van der Waals surface area contributed by atoms with Gasteiger partial charge in [-0.3, -0.25) is 4.68 Å². The summed E-state index contributed by atoms with van der Waals surface area (Å²) in [5, 5.41) is 22.6. The molecule has 186 valence electrons. The van der Waals surface area contributed by atoms with E-state index in [0.29, 0.717) is 27.9 Å². The van der Waals surface area contributed by atoms with Crippen LogP contribution >= 0.6 is 11.6 Å². The van der Waals surface area contributed by atoms with Crippen LogP contribution in [0.5, 0.6) is 5.75 Å². The number of nitrogens with zero attached hydrogens (tertiary/aromatic N) is 3. The van der Waals surface area contributed by atoms with E-state index in [1.165, 1.54) is 31.5 Å². The first-order valence-electron chi connectivity index (χ1n) is 10.5. The average Bonchev–Trinajstić information content (AvgIpc) is 3.44. The fourth-order valence-corrected chi connectivity index (χ4v) is 4.34. The molecule has 2 atom stereocenters. The molecule has 0 fully saturated rings. The highest BCUT2D eigenvalue weighted by atomic mass is 35.5. The van der Waals surface area contributed by atoms with E-state index in [9.17, 15) is 22.7 Å². The van der Waals surface area contributed by atoms with Crippen LogP contribution in [-0.4, -0.2) is 49.8 Å². The third-order valence-electron chi connectivity index (χ3n) is 5.72. The Morgan fingerprint density at radius 2 is 2.03 bits per heavy atom. The molecule has 0 aliphatic carbocycles. The van der Waals surface area contributed by atoms with Gasteiger partial charge in [0.25, 0.3) is 0 Å². The van der Waals surface area contributed by atoms with Gasteiger partial charge < -0.3 is 19.9 Å². The molecule has 1 aromatic carbocycles. The van der Waals surface area contributed by atoms with Crippen LogP contribution in [0.1, 0.15) is 29.7 Å². The molecule has 3 aromatic heterocycles. The molecule has 4 rings (SSSR count). The zero-order valence-corrected chi connectivity index (χ0v) is 19.3. The molecular formula is C23H21ClF4N4O3. The fourth-order valence-electron chi connectivity index (χ4n) is 4.02. The molecule has 0 spiro atoms. The first-order chi connectivity index (χ1) is 16.5. The largest absolute Gasteiger partial charge is 0.496 e. The number of aliphatic hydroxyl groups excluding tert-OH is 2. The van der Waals surface area contributed by atoms with E-state index in [2.05, 4.69) is 15.1 Å². The minimum Gasteiger partial charge on any atom is -0.496 e. The van der Waals surface area contributed by atoms with Gasteiger partial charge >= 0.3 is 6.18 Å². The number of halogens is 5. The van der Waals surface area contributed by atoms with Crippen molar-refractivity contribution in [3.63, 3.8) is 0 Å². The van der Waals surface area contributed by atoms with E-state index >= 15 is 0 Å². The number of methoxy groups -OCH3 is 1. The molecule has 0 aliphatic heterocycles. The Morgan fingerprint density at radius 3 is 2.69 bits per heavy atom. The molecule has 0 amide bonds. The molecule has 3 heterocycles. The number of fused-ring (bicyclic) bond motifs is 1. The van der Waals surface area contributed by atoms with Crippen molar-refractivity contribution in [3.8, 4) is 16.9 Å². The van der Waals surface area contributed by atoms with Crippen molar-refractivity contribution in [2.45, 2.75) is 31.7 Å². The van der Waals surface area contributed by atoms with Gasteiger partial charge in [-0.1, -0.05) is 18.5 Å². The van der Waals surface area contributed by atoms with Crippen LogP contribution in [0.2, 0.25) is 5.02 Å². The summed E-state index contributed by atoms with van der Waals surface area (Å²) >= 11 is 6.24. The number of nitrogens with one attached hydrogen (secondary N) is 1. The molecule has 0 aliphatic rings. The summed E-state index contributed by atoms with van der Waals surface area (Å²) in [5.74, 6) is -0.755. The minimum absolute atomic E-state index is 0.113. The van der Waals surface area contributed by atoms with E-state index in [1.54, 1.807) is 13.1 Å². The number of H-pyrrole nitrogens is 1. The van der Waals surface area contributed by atoms with E-state index < -0.39 is 36.3 Å². The van der Waals surface area contributed by atoms with Crippen LogP contribution in [0, 0.1) is 5.82 Å². The van der Waals surface area contributed by atoms with Gasteiger partial charge in [0, 0.05) is 46.6 Å². The maximum absolute atomic E-state index is 14.2. The fraction of sp³-hybridized carbons (Fsp3) is 0.304. The number of aromatic nitrogens is 4. The molecule has 0 bridgehead atoms. The summed E-state index contributed by atoms with van der Waals surface area (Å²) in [7, 11) is 1.43. The summed E-state index contributed by atoms with van der Waals surface area (Å²) in [5.41, 5.74) is 0.180. The summed E-state index contributed by atoms with van der Waals surface area (Å²) in [6.07, 6.45) is -1.98. The number of hydrogen-bond acceptors (Lipinski definition) is 5. The molecule has 0 radical (unpaired) electrons. The van der Waals surface area contributed by atoms with Crippen LogP contribution in [-0.2, 0) is 12.7 Å². The van der Waals surface area contributed by atoms with Crippen molar-refractivity contribution >= 4 is 22.6 Å². The second-order valence-electron chi connectivity index (χ2n) is 8.01. The van der Waals surface area contributed by atoms with Gasteiger partial charge in [0.05, 0.1) is 31.4 Å². The lowest BCUT2D eigenvalue weighted by atomic mass is 9.91. The molecule has 0 saturated heterocycles. The highest BCUT2D eigenvalue weighted by Gasteiger charge is 2.38. The maximum Gasteiger partial charge on any atom is 0.435 e. The standard InChI is InChI=1S/C23H21ClF4N4O3/c1-11(19-18(35-2)4-3-17(25)20(19)24)15-7-30-22-14(15)5-12(6-29-22)16-9-32(8-13(34)10-33)31-21(16)23(26,27)28/h3-7,9,11,13,33-34H,8,10H2,1-2H3,(H,29,30). The molecule has 12 heteroatoms. The van der Waals surface area contributed by atoms with Gasteiger partial charge in [0.1, 0.15) is 17.2 Å². The van der Waals surface area contributed by atoms with Gasteiger partial charge in [0.2, 0.25) is 0 Å². The number of pyridine rings is 1. The van der Waals surface area contributed by atoms with Crippen LogP contribution in [0.25, 0.3) is 22.2 Å². The van der Waals surface area contributed by atoms with Crippen molar-refractivity contribution in [2.75, 3.05) is 13.7 Å². The van der Waals surface area contributed by atoms with Crippen molar-refractivity contribution in [2.24, 2.45) is 0 Å². The lowest BCUT2D eigenvalue weighted by Crippen LogP contribution is -2.20. The molecule has 0 saturated carbocycles. The number of benzene rings is 1. The summed E-state index contributed by atoms with van der Waals surface area (Å²) in [4.78, 5) is 7.24. The molecule has 4 aromatic rings. The molecule has 35 heavy (non-hydrogen) atoms. The Balaban J connectivity index is 1.84. The summed E-state index contributed by atoms with van der Waals surface area (Å²) in [6.45, 7) is 0.828. The van der Waals surface area contributed by atoms with Gasteiger partial charge in [-0.25, -0.2) is 9.37 Å². The quantitative estimate of drug-likeness (QED) is 0.311. The number of hydrogen-bond donors (Lipinski definition) is 3. The van der Waals surface area contributed by atoms with Crippen LogP contribution < -0.4 is 4.74 Å². The zero-order valence-electron chi connectivity index (χ0n) is 18.6. The first kappa shape index (κ1) is 25.0. The van der Waals surface area contributed by atoms with Crippen LogP contribution in [0.3, 0.4) is 0 Å². The normalized spacial score (nSPS) is 13.9. The Hall–Kier alpha value is -3.15. The van der Waals surface area contributed by atoms with Crippen molar-refractivity contribution in [1.29, 1.82) is 0 Å². The Morgan fingerprint density at radius 1 is 1.29 bits per heavy atom. The topological polar surface area (TPSA) is 96.2 Å². The summed E-state index contributed by atoms with van der Waals surface area (Å²) in [6, 6.07) is 4.18. The number of alkyl halides is 3. The van der Waals surface area contributed by atoms with Crippen LogP contribution in [0.15, 0.2) is 36.8 Å². The zero-order chi connectivity index (χ0) is 25.5. The highest BCUT2D eigenvalue weighted by Crippen LogP contribution is 2.42. The van der Waals surface area contributed by atoms with Gasteiger partial charge in [0.15, 0.2) is 5.69 Å². The third kappa shape index (κ3) is 4.71. The van der Waals surface area contributed by atoms with Gasteiger partial charge in [-0.15, -0.1) is 0 Å². The predicted molar refractivity (Wildman–Crippen MR) is 121 cm³/mol. The second kappa shape index (κ2) is 9.48. The number of rotatable bonds is 7. The SMILES string of the molecule is COc1ccc(F)c(Cl)c1C(C)c1c[nH]c2ncc(-c3cn(CC(O)CO)nc3C(F)(F)F)cc12. The van der Waals surface area contributed by atoms with E-state index in [0.717, 1.165) is 10.9 Å². The Bertz CT molecular complexity index is 1370. The van der Waals surface area contributed by atoms with Crippen molar-refractivity contribution in [1.82, 2.24) is 19.7 Å². The van der Waals surface area contributed by atoms with Gasteiger partial charge in [-0.05, 0) is 23.8 Å². The lowest BCUT2D eigenvalue weighted by molar-refractivity contribution is -0.141. The summed E-state index contributed by atoms with van der Waals surface area (Å²) < 4.78 is 61.7. The maximum atomic E-state index is 14.2. The second-order valence-corrected chi connectivity index (χ2v) is 8.39. The van der Waals surface area contributed by atoms with E-state index in [4.69, 9.17) is 21.4 Å². The first-order valence-corrected chi connectivity index (χ1v) is 10.9. The molecule has 2 unspecified atom stereocenters. The predicted octanol–water partition coefficient (Wildman–Crippen LogP) is 4.75. The number of ether oxygens (including phenoxy) is 1. The average molecular weight is 513 g/mol. The Labute approximate surface area is 201 Å². The monoisotopic (exact) mass is 512 g/mol. The molecule has 7 nitrogen and oxygen atoms in total. The van der Waals surface area contributed by atoms with E-state index in [1.807, 2.05) is 0 Å². The van der Waals surface area contributed by atoms with Crippen molar-refractivity contribution < 1.29 is 32.5 Å². The minimum atomic E-state index is -4.77. The third-order valence-corrected chi connectivity index (χ3v) is 6.11. The Kier molecular flexibility index (Phi) is 6.76. The molecule has 3 N–H and O–H groups in total. The number of aliphatic hydroxyl groups is 2. The van der Waals surface area contributed by atoms with Crippen LogP contribution in [0.4, 0.5) is 17.6 Å². The molecular weight excluding hydrogens is 492 g/mol. The smallest absolute Gasteiger partial charge is 0.435 e. The van der Waals surface area contributed by atoms with Gasteiger partial charge in [-0.2, -0.15) is 18.3 Å². The van der Waals surface area contributed by atoms with Crippen molar-refractivity contribution in [3.05, 3.63) is 64.5 Å². The highest BCUT2D eigenvalue weighted by molar-refractivity contribution is 6.31. The van der Waals surface area contributed by atoms with E-state index in [-0.39, 0.29) is 22.7 Å². The lowest BCUT2D eigenvalue weighted by Gasteiger charge is -2.17.